The van der Waals surface area contributed by atoms with Crippen LogP contribution in [0.2, 0.25) is 35.7 Å². The number of nitrogens with zero attached hydrogens (tertiary/aromatic N) is 1. The fourth-order valence-corrected chi connectivity index (χ4v) is 5.40. The Balaban J connectivity index is 2.02. The summed E-state index contributed by atoms with van der Waals surface area (Å²) in [5.74, 6) is -0.0185. The van der Waals surface area contributed by atoms with Crippen LogP contribution in [0.3, 0.4) is 0 Å². The fraction of sp³-hybridized carbons (Fsp3) is 0.308. The Labute approximate surface area is 209 Å². The maximum absolute atomic E-state index is 13.6. The number of halogens is 2. The van der Waals surface area contributed by atoms with Crippen LogP contribution in [0.5, 0.6) is 0 Å². The van der Waals surface area contributed by atoms with E-state index in [0.29, 0.717) is 39.0 Å². The lowest BCUT2D eigenvalue weighted by Gasteiger charge is -2.18. The van der Waals surface area contributed by atoms with E-state index in [1.54, 1.807) is 42.8 Å². The molecule has 4 rings (SSSR count). The number of nitrogens with one attached hydrogen (secondary N) is 1. The standard InChI is InChI=1S/C26H28Cl2N2O3Si/c1-15(31)16-6-9-22-19(12-16)23-20(14-33-10-11-34(3,4)5)24(26(32)30(2)25(23)29-22)18-8-7-17(27)13-21(18)28/h6-9,12-13,29H,10-11,14H2,1-5H3. The van der Waals surface area contributed by atoms with Crippen LogP contribution in [-0.2, 0) is 18.4 Å². The summed E-state index contributed by atoms with van der Waals surface area (Å²) in [5, 5.41) is 2.62. The van der Waals surface area contributed by atoms with Gasteiger partial charge in [-0.3, -0.25) is 14.2 Å². The Kier molecular flexibility index (Phi) is 6.80. The predicted octanol–water partition coefficient (Wildman–Crippen LogP) is 7.05. The molecule has 0 radical (unpaired) electrons. The molecule has 8 heteroatoms. The zero-order valence-electron chi connectivity index (χ0n) is 20.0. The van der Waals surface area contributed by atoms with Gasteiger partial charge in [-0.25, -0.2) is 0 Å². The molecule has 0 fully saturated rings. The van der Waals surface area contributed by atoms with Gasteiger partial charge in [0.2, 0.25) is 0 Å². The van der Waals surface area contributed by atoms with Crippen LogP contribution >= 0.6 is 23.2 Å². The minimum Gasteiger partial charge on any atom is -0.377 e. The summed E-state index contributed by atoms with van der Waals surface area (Å²) in [6.07, 6.45) is 0. The van der Waals surface area contributed by atoms with E-state index in [1.165, 1.54) is 0 Å². The van der Waals surface area contributed by atoms with Crippen molar-refractivity contribution in [1.82, 2.24) is 9.55 Å². The first-order valence-electron chi connectivity index (χ1n) is 11.2. The lowest BCUT2D eigenvalue weighted by Crippen LogP contribution is -2.23. The second-order valence-electron chi connectivity index (χ2n) is 9.87. The molecule has 0 saturated carbocycles. The van der Waals surface area contributed by atoms with Crippen molar-refractivity contribution in [2.75, 3.05) is 6.61 Å². The largest absolute Gasteiger partial charge is 0.377 e. The number of aromatic nitrogens is 2. The summed E-state index contributed by atoms with van der Waals surface area (Å²) in [6.45, 7) is 9.31. The highest BCUT2D eigenvalue weighted by molar-refractivity contribution is 6.76. The summed E-state index contributed by atoms with van der Waals surface area (Å²) in [5.41, 5.74) is 3.80. The SMILES string of the molecule is CC(=O)c1ccc2[nH]c3c(c(COCC[Si](C)(C)C)c(-c4ccc(Cl)cc4Cl)c(=O)n3C)c2c1. The van der Waals surface area contributed by atoms with Crippen molar-refractivity contribution >= 4 is 59.0 Å². The second-order valence-corrected chi connectivity index (χ2v) is 16.3. The third-order valence-corrected chi connectivity index (χ3v) is 8.34. The number of hydrogen-bond donors (Lipinski definition) is 1. The van der Waals surface area contributed by atoms with Crippen LogP contribution in [0.4, 0.5) is 0 Å². The maximum atomic E-state index is 13.6. The van der Waals surface area contributed by atoms with Gasteiger partial charge in [-0.15, -0.1) is 0 Å². The van der Waals surface area contributed by atoms with Crippen LogP contribution in [0.1, 0.15) is 22.8 Å². The molecule has 2 aromatic heterocycles. The van der Waals surface area contributed by atoms with E-state index in [2.05, 4.69) is 24.6 Å². The molecule has 0 saturated heterocycles. The van der Waals surface area contributed by atoms with Gasteiger partial charge >= 0.3 is 0 Å². The highest BCUT2D eigenvalue weighted by Gasteiger charge is 2.23. The van der Waals surface area contributed by atoms with Crippen LogP contribution in [-0.4, -0.2) is 30.0 Å². The average molecular weight is 516 g/mol. The van der Waals surface area contributed by atoms with E-state index in [4.69, 9.17) is 27.9 Å². The number of rotatable bonds is 7. The number of benzene rings is 2. The van der Waals surface area contributed by atoms with Gasteiger partial charge in [0.15, 0.2) is 5.78 Å². The molecule has 178 valence electrons. The summed E-state index contributed by atoms with van der Waals surface area (Å²) in [7, 11) is 0.449. The molecule has 0 atom stereocenters. The Morgan fingerprint density at radius 2 is 1.85 bits per heavy atom. The molecule has 2 aromatic carbocycles. The number of H-pyrrole nitrogens is 1. The summed E-state index contributed by atoms with van der Waals surface area (Å²) >= 11 is 12.7. The Morgan fingerprint density at radius 1 is 1.12 bits per heavy atom. The molecule has 0 bridgehead atoms. The number of ether oxygens (including phenoxy) is 1. The molecule has 1 N–H and O–H groups in total. The first-order valence-corrected chi connectivity index (χ1v) is 15.7. The molecule has 5 nitrogen and oxygen atoms in total. The van der Waals surface area contributed by atoms with Gasteiger partial charge in [0, 0.05) is 59.7 Å². The van der Waals surface area contributed by atoms with E-state index in [0.717, 1.165) is 27.9 Å². The van der Waals surface area contributed by atoms with E-state index in [-0.39, 0.29) is 17.9 Å². The average Bonchev–Trinajstić information content (AvgIpc) is 3.13. The van der Waals surface area contributed by atoms with E-state index in [1.807, 2.05) is 12.1 Å². The molecule has 0 spiro atoms. The number of carbonyl (C=O) groups is 1. The molecular weight excluding hydrogens is 487 g/mol. The first kappa shape index (κ1) is 24.7. The van der Waals surface area contributed by atoms with E-state index in [9.17, 15) is 9.59 Å². The summed E-state index contributed by atoms with van der Waals surface area (Å²) in [6, 6.07) is 11.7. The molecule has 0 aliphatic rings. The van der Waals surface area contributed by atoms with Crippen molar-refractivity contribution in [3.05, 3.63) is 67.9 Å². The number of pyridine rings is 1. The monoisotopic (exact) mass is 514 g/mol. The number of hydrogen-bond acceptors (Lipinski definition) is 3. The third-order valence-electron chi connectivity index (χ3n) is 6.09. The van der Waals surface area contributed by atoms with Crippen molar-refractivity contribution in [3.63, 3.8) is 0 Å². The second kappa shape index (κ2) is 9.34. The van der Waals surface area contributed by atoms with Gasteiger partial charge in [0.25, 0.3) is 5.56 Å². The van der Waals surface area contributed by atoms with Crippen LogP contribution < -0.4 is 5.56 Å². The molecule has 0 unspecified atom stereocenters. The number of aromatic amines is 1. The van der Waals surface area contributed by atoms with Gasteiger partial charge in [-0.05, 0) is 43.3 Å². The summed E-state index contributed by atoms with van der Waals surface area (Å²) < 4.78 is 7.75. The van der Waals surface area contributed by atoms with Crippen molar-refractivity contribution in [2.24, 2.45) is 7.05 Å². The molecule has 0 aliphatic heterocycles. The molecule has 4 aromatic rings. The van der Waals surface area contributed by atoms with Gasteiger partial charge in [0.05, 0.1) is 17.2 Å². The van der Waals surface area contributed by atoms with Gasteiger partial charge in [-0.2, -0.15) is 0 Å². The van der Waals surface area contributed by atoms with E-state index < -0.39 is 8.07 Å². The predicted molar refractivity (Wildman–Crippen MR) is 144 cm³/mol. The highest BCUT2D eigenvalue weighted by Crippen LogP contribution is 2.37. The lowest BCUT2D eigenvalue weighted by molar-refractivity contribution is 0.101. The normalized spacial score (nSPS) is 12.1. The molecule has 0 amide bonds. The topological polar surface area (TPSA) is 64.1 Å². The highest BCUT2D eigenvalue weighted by atomic mass is 35.5. The van der Waals surface area contributed by atoms with Crippen LogP contribution in [0.25, 0.3) is 33.1 Å². The zero-order chi connectivity index (χ0) is 24.8. The number of aryl methyl sites for hydroxylation is 1. The van der Waals surface area contributed by atoms with Crippen molar-refractivity contribution in [2.45, 2.75) is 39.2 Å². The van der Waals surface area contributed by atoms with Gasteiger partial charge < -0.3 is 9.72 Å². The number of ketones is 1. The van der Waals surface area contributed by atoms with Gasteiger partial charge in [-0.1, -0.05) is 48.9 Å². The minimum atomic E-state index is -1.28. The van der Waals surface area contributed by atoms with Crippen LogP contribution in [0.15, 0.2) is 41.2 Å². The number of fused-ring (bicyclic) bond motifs is 3. The number of Topliss-reactive ketones (excluding diaryl/α,β-unsaturated/α-hetero) is 1. The smallest absolute Gasteiger partial charge is 0.260 e. The molecule has 34 heavy (non-hydrogen) atoms. The minimum absolute atomic E-state index is 0.0185. The van der Waals surface area contributed by atoms with Crippen molar-refractivity contribution in [1.29, 1.82) is 0 Å². The number of carbonyl (C=O) groups excluding carboxylic acids is 1. The molecule has 2 heterocycles. The lowest BCUT2D eigenvalue weighted by atomic mass is 9.97. The first-order chi connectivity index (χ1) is 16.0. The van der Waals surface area contributed by atoms with Gasteiger partial charge in [0.1, 0.15) is 5.65 Å². The molecular formula is C26H28Cl2N2O3Si. The Hall–Kier alpha value is -2.38. The zero-order valence-corrected chi connectivity index (χ0v) is 22.5. The Morgan fingerprint density at radius 3 is 2.50 bits per heavy atom. The Bertz CT molecular complexity index is 1480. The summed E-state index contributed by atoms with van der Waals surface area (Å²) in [4.78, 5) is 29.1. The fourth-order valence-electron chi connectivity index (χ4n) is 4.14. The third kappa shape index (κ3) is 4.73. The quantitative estimate of drug-likeness (QED) is 0.163. The maximum Gasteiger partial charge on any atom is 0.260 e. The van der Waals surface area contributed by atoms with Crippen molar-refractivity contribution in [3.8, 4) is 11.1 Å². The molecule has 0 aliphatic carbocycles. The van der Waals surface area contributed by atoms with E-state index >= 15 is 0 Å². The van der Waals surface area contributed by atoms with Crippen molar-refractivity contribution < 1.29 is 9.53 Å². The van der Waals surface area contributed by atoms with Crippen LogP contribution in [0, 0.1) is 0 Å².